The van der Waals surface area contributed by atoms with Crippen LogP contribution in [0.5, 0.6) is 5.75 Å². The molecule has 1 aliphatic heterocycles. The van der Waals surface area contributed by atoms with Gasteiger partial charge in [-0.05, 0) is 43.2 Å². The maximum atomic E-state index is 12.5. The van der Waals surface area contributed by atoms with Crippen LogP contribution in [-0.4, -0.2) is 64.8 Å². The number of nitrogens with zero attached hydrogens (tertiary/aromatic N) is 2. The number of likely N-dealkylation sites (tertiary alicyclic amines) is 1. The standard InChI is InChI=1S/C23H26N4O2S3.C2HF3O2/c1-14-5-4-8-27(11-14)20(28)12-29-16-7-3-6-15(9-16)18-13-31-22(26-18)17-10-19(21(24)25)32-23(17)30-2;3-2(4,5)1(6)7/h3,6-7,9-10,13-14H,4-5,8,11-12H2,1-2H3,(H3,24,25);(H,6,7). The number of nitrogens with one attached hydrogen (secondary N) is 1. The van der Waals surface area contributed by atoms with Crippen LogP contribution in [0.15, 0.2) is 39.9 Å². The van der Waals surface area contributed by atoms with E-state index in [0.29, 0.717) is 11.7 Å². The molecule has 1 atom stereocenters. The molecule has 2 aromatic heterocycles. The Morgan fingerprint density at radius 1 is 1.33 bits per heavy atom. The zero-order valence-corrected chi connectivity index (χ0v) is 23.5. The molecule has 4 N–H and O–H groups in total. The number of aliphatic carboxylic acids is 1. The number of amides is 1. The number of thioether (sulfide) groups is 1. The molecule has 4 rings (SSSR count). The average molecular weight is 601 g/mol. The van der Waals surface area contributed by atoms with Crippen molar-refractivity contribution >= 4 is 52.1 Å². The van der Waals surface area contributed by atoms with Crippen LogP contribution < -0.4 is 10.5 Å². The number of ether oxygens (including phenoxy) is 1. The number of amidine groups is 1. The number of hydrogen-bond acceptors (Lipinski definition) is 8. The van der Waals surface area contributed by atoms with E-state index in [1.54, 1.807) is 23.1 Å². The lowest BCUT2D eigenvalue weighted by atomic mass is 10.0. The SMILES string of the molecule is CSc1sc(C(=N)N)cc1-c1nc(-c2cccc(OCC(=O)N3CCCC(C)C3)c2)cs1.O=C(O)C(F)(F)F. The molecule has 1 saturated heterocycles. The molecule has 1 amide bonds. The third-order valence-electron chi connectivity index (χ3n) is 5.63. The number of carboxylic acids is 1. The van der Waals surface area contributed by atoms with E-state index in [0.717, 1.165) is 50.4 Å². The number of nitrogens with two attached hydrogens (primary N) is 1. The number of thiazole rings is 1. The van der Waals surface area contributed by atoms with E-state index < -0.39 is 12.1 Å². The average Bonchev–Trinajstić information content (AvgIpc) is 3.55. The second-order valence-corrected chi connectivity index (χ2v) is 11.7. The maximum absolute atomic E-state index is 12.5. The minimum absolute atomic E-state index is 0.0428. The third-order valence-corrected chi connectivity index (χ3v) is 8.81. The van der Waals surface area contributed by atoms with E-state index in [1.165, 1.54) is 17.8 Å². The molecule has 0 bridgehead atoms. The molecule has 1 aliphatic rings. The Morgan fingerprint density at radius 2 is 2.05 bits per heavy atom. The van der Waals surface area contributed by atoms with Gasteiger partial charge in [0.05, 0.1) is 14.8 Å². The van der Waals surface area contributed by atoms with Gasteiger partial charge in [0.25, 0.3) is 5.91 Å². The minimum atomic E-state index is -5.08. The normalized spacial score (nSPS) is 15.3. The number of hydrogen-bond donors (Lipinski definition) is 3. The Hall–Kier alpha value is -3.10. The van der Waals surface area contributed by atoms with Gasteiger partial charge in [-0.25, -0.2) is 9.78 Å². The fourth-order valence-corrected chi connectivity index (χ4v) is 6.45. The fourth-order valence-electron chi connectivity index (χ4n) is 3.74. The molecule has 0 saturated carbocycles. The van der Waals surface area contributed by atoms with Gasteiger partial charge in [-0.1, -0.05) is 19.1 Å². The predicted molar refractivity (Wildman–Crippen MR) is 148 cm³/mol. The Labute approximate surface area is 235 Å². The Balaban J connectivity index is 0.000000532. The molecule has 1 unspecified atom stereocenters. The van der Waals surface area contributed by atoms with Crippen LogP contribution in [0.2, 0.25) is 0 Å². The van der Waals surface area contributed by atoms with Crippen LogP contribution in [-0.2, 0) is 9.59 Å². The highest BCUT2D eigenvalue weighted by atomic mass is 32.2. The number of aromatic nitrogens is 1. The molecule has 1 aromatic carbocycles. The van der Waals surface area contributed by atoms with Crippen molar-refractivity contribution in [2.24, 2.45) is 11.7 Å². The number of nitrogen functional groups attached to an aromatic ring is 1. The lowest BCUT2D eigenvalue weighted by molar-refractivity contribution is -0.192. The summed E-state index contributed by atoms with van der Waals surface area (Å²) in [7, 11) is 0. The summed E-state index contributed by atoms with van der Waals surface area (Å²) in [6, 6.07) is 9.64. The molecular weight excluding hydrogens is 573 g/mol. The van der Waals surface area contributed by atoms with Crippen molar-refractivity contribution in [1.29, 1.82) is 5.41 Å². The van der Waals surface area contributed by atoms with Gasteiger partial charge in [-0.2, -0.15) is 13.2 Å². The summed E-state index contributed by atoms with van der Waals surface area (Å²) in [4.78, 5) is 28.9. The largest absolute Gasteiger partial charge is 0.490 e. The van der Waals surface area contributed by atoms with Gasteiger partial charge in [-0.3, -0.25) is 10.2 Å². The van der Waals surface area contributed by atoms with E-state index in [2.05, 4.69) is 6.92 Å². The topological polar surface area (TPSA) is 130 Å². The van der Waals surface area contributed by atoms with Crippen LogP contribution in [0.1, 0.15) is 24.6 Å². The van der Waals surface area contributed by atoms with Crippen LogP contribution in [0, 0.1) is 11.3 Å². The van der Waals surface area contributed by atoms with E-state index in [4.69, 9.17) is 30.8 Å². The summed E-state index contributed by atoms with van der Waals surface area (Å²) in [5, 5.41) is 17.8. The van der Waals surface area contributed by atoms with Crippen molar-refractivity contribution in [2.45, 2.75) is 30.2 Å². The Bertz CT molecular complexity index is 1330. The Morgan fingerprint density at radius 3 is 2.67 bits per heavy atom. The van der Waals surface area contributed by atoms with Gasteiger partial charge in [0.15, 0.2) is 6.61 Å². The number of carbonyl (C=O) groups is 2. The van der Waals surface area contributed by atoms with Crippen LogP contribution in [0.4, 0.5) is 13.2 Å². The number of benzene rings is 1. The molecule has 3 heterocycles. The van der Waals surface area contributed by atoms with Gasteiger partial charge in [0.1, 0.15) is 16.6 Å². The first-order valence-electron chi connectivity index (χ1n) is 11.7. The van der Waals surface area contributed by atoms with Gasteiger partial charge in [-0.15, -0.1) is 34.4 Å². The summed E-state index contributed by atoms with van der Waals surface area (Å²) >= 11 is 4.71. The van der Waals surface area contributed by atoms with Crippen LogP contribution in [0.3, 0.4) is 0 Å². The van der Waals surface area contributed by atoms with Crippen molar-refractivity contribution in [3.8, 4) is 27.6 Å². The fraction of sp³-hybridized carbons (Fsp3) is 0.360. The van der Waals surface area contributed by atoms with E-state index >= 15 is 0 Å². The minimum Gasteiger partial charge on any atom is -0.484 e. The van der Waals surface area contributed by atoms with Gasteiger partial charge in [0.2, 0.25) is 0 Å². The van der Waals surface area contributed by atoms with Crippen molar-refractivity contribution < 1.29 is 32.6 Å². The van der Waals surface area contributed by atoms with Crippen LogP contribution in [0.25, 0.3) is 21.8 Å². The Kier molecular flexibility index (Phi) is 10.4. The van der Waals surface area contributed by atoms with Gasteiger partial charge in [0, 0.05) is 29.6 Å². The lowest BCUT2D eigenvalue weighted by Crippen LogP contribution is -2.41. The number of rotatable bonds is 7. The van der Waals surface area contributed by atoms with Crippen molar-refractivity contribution in [2.75, 3.05) is 26.0 Å². The van der Waals surface area contributed by atoms with Crippen molar-refractivity contribution in [3.05, 3.63) is 40.6 Å². The molecule has 210 valence electrons. The number of alkyl halides is 3. The third kappa shape index (κ3) is 8.44. The van der Waals surface area contributed by atoms with Gasteiger partial charge < -0.3 is 20.5 Å². The van der Waals surface area contributed by atoms with Gasteiger partial charge >= 0.3 is 12.1 Å². The monoisotopic (exact) mass is 600 g/mol. The smallest absolute Gasteiger partial charge is 0.484 e. The molecule has 0 aliphatic carbocycles. The first-order chi connectivity index (χ1) is 18.4. The lowest BCUT2D eigenvalue weighted by Gasteiger charge is -2.30. The summed E-state index contributed by atoms with van der Waals surface area (Å²) in [6.07, 6.45) is -0.826. The molecule has 0 radical (unpaired) electrons. The van der Waals surface area contributed by atoms with Crippen molar-refractivity contribution in [3.63, 3.8) is 0 Å². The van der Waals surface area contributed by atoms with E-state index in [9.17, 15) is 18.0 Å². The molecule has 3 aromatic rings. The number of piperidine rings is 1. The zero-order valence-electron chi connectivity index (χ0n) is 21.1. The summed E-state index contributed by atoms with van der Waals surface area (Å²) < 4.78 is 38.7. The molecule has 8 nitrogen and oxygen atoms in total. The first kappa shape index (κ1) is 30.4. The molecule has 0 spiro atoms. The zero-order chi connectivity index (χ0) is 28.7. The maximum Gasteiger partial charge on any atom is 0.490 e. The molecule has 39 heavy (non-hydrogen) atoms. The van der Waals surface area contributed by atoms with Crippen LogP contribution >= 0.6 is 34.4 Å². The number of thiophene rings is 1. The number of carboxylic acid groups (broad SMARTS) is 1. The summed E-state index contributed by atoms with van der Waals surface area (Å²) in [5.74, 6) is -1.42. The quantitative estimate of drug-likeness (QED) is 0.177. The summed E-state index contributed by atoms with van der Waals surface area (Å²) in [5.41, 5.74) is 8.48. The second kappa shape index (κ2) is 13.3. The number of carbonyl (C=O) groups excluding carboxylic acids is 1. The van der Waals surface area contributed by atoms with Crippen molar-refractivity contribution in [1.82, 2.24) is 9.88 Å². The second-order valence-electron chi connectivity index (χ2n) is 8.67. The highest BCUT2D eigenvalue weighted by molar-refractivity contribution is 8.00. The molecular formula is C25H27F3N4O4S3. The van der Waals surface area contributed by atoms with E-state index in [-0.39, 0.29) is 18.3 Å². The predicted octanol–water partition coefficient (Wildman–Crippen LogP) is 5.82. The van der Waals surface area contributed by atoms with E-state index in [1.807, 2.05) is 46.9 Å². The highest BCUT2D eigenvalue weighted by Crippen LogP contribution is 2.40. The highest BCUT2D eigenvalue weighted by Gasteiger charge is 2.38. The molecule has 14 heteroatoms. The first-order valence-corrected chi connectivity index (χ1v) is 14.6. The molecule has 1 fully saturated rings. The number of halogens is 3. The summed E-state index contributed by atoms with van der Waals surface area (Å²) in [6.45, 7) is 3.87.